The van der Waals surface area contributed by atoms with E-state index in [1.54, 1.807) is 7.11 Å². The number of carbonyl (C=O) groups excluding carboxylic acids is 1. The van der Waals surface area contributed by atoms with Crippen molar-refractivity contribution in [2.45, 2.75) is 25.7 Å². The van der Waals surface area contributed by atoms with Gasteiger partial charge in [0.25, 0.3) is 0 Å². The van der Waals surface area contributed by atoms with E-state index in [2.05, 4.69) is 30.9 Å². The van der Waals surface area contributed by atoms with E-state index in [0.29, 0.717) is 5.91 Å². The summed E-state index contributed by atoms with van der Waals surface area (Å²) in [6, 6.07) is 8.05. The van der Waals surface area contributed by atoms with Crippen molar-refractivity contribution < 1.29 is 9.53 Å². The van der Waals surface area contributed by atoms with Crippen LogP contribution in [0.25, 0.3) is 0 Å². The third-order valence-corrected chi connectivity index (χ3v) is 5.93. The van der Waals surface area contributed by atoms with E-state index >= 15 is 0 Å². The maximum atomic E-state index is 13.1. The first-order chi connectivity index (χ1) is 10.0. The van der Waals surface area contributed by atoms with E-state index in [-0.39, 0.29) is 10.8 Å². The molecular formula is C17H23NO2S. The van der Waals surface area contributed by atoms with Gasteiger partial charge in [-0.05, 0) is 29.5 Å². The Balaban J connectivity index is 1.91. The van der Waals surface area contributed by atoms with E-state index in [4.69, 9.17) is 4.74 Å². The number of hydrogen-bond donors (Lipinski definition) is 0. The molecule has 3 nitrogen and oxygen atoms in total. The molecule has 1 heterocycles. The Morgan fingerprint density at radius 3 is 2.24 bits per heavy atom. The quantitative estimate of drug-likeness (QED) is 0.860. The number of carbonyl (C=O) groups is 1. The van der Waals surface area contributed by atoms with Crippen LogP contribution in [-0.4, -0.2) is 42.5 Å². The average molecular weight is 305 g/mol. The highest BCUT2D eigenvalue weighted by Crippen LogP contribution is 2.65. The highest BCUT2D eigenvalue weighted by Gasteiger charge is 2.67. The summed E-state index contributed by atoms with van der Waals surface area (Å²) < 4.78 is 5.23. The monoisotopic (exact) mass is 305 g/mol. The number of ether oxygens (including phenoxy) is 1. The summed E-state index contributed by atoms with van der Waals surface area (Å²) >= 11 is 1.94. The number of methoxy groups -OCH3 is 1. The Morgan fingerprint density at radius 1 is 1.19 bits per heavy atom. The molecule has 4 heteroatoms. The van der Waals surface area contributed by atoms with Crippen LogP contribution in [0.15, 0.2) is 24.3 Å². The van der Waals surface area contributed by atoms with Gasteiger partial charge in [0.2, 0.25) is 5.91 Å². The molecule has 0 bridgehead atoms. The maximum absolute atomic E-state index is 13.1. The third-order valence-electron chi connectivity index (χ3n) is 4.98. The predicted octanol–water partition coefficient (Wildman–Crippen LogP) is 2.94. The first-order valence-electron chi connectivity index (χ1n) is 7.53. The molecule has 1 amide bonds. The molecule has 1 saturated heterocycles. The first kappa shape index (κ1) is 14.8. The lowest BCUT2D eigenvalue weighted by atomic mass is 9.86. The summed E-state index contributed by atoms with van der Waals surface area (Å²) in [5, 5.41) is 0. The van der Waals surface area contributed by atoms with Gasteiger partial charge in [0, 0.05) is 24.6 Å². The molecule has 21 heavy (non-hydrogen) atoms. The molecule has 0 spiro atoms. The molecule has 0 radical (unpaired) electrons. The molecule has 0 aromatic heterocycles. The number of benzene rings is 1. The van der Waals surface area contributed by atoms with Gasteiger partial charge in [-0.15, -0.1) is 0 Å². The van der Waals surface area contributed by atoms with Gasteiger partial charge in [-0.1, -0.05) is 26.0 Å². The SMILES string of the molecule is COc1ccc(C2(C(=O)N3CCSCC3)CC2(C)C)cc1. The van der Waals surface area contributed by atoms with Gasteiger partial charge in [0.1, 0.15) is 5.75 Å². The molecule has 1 aliphatic heterocycles. The van der Waals surface area contributed by atoms with E-state index in [1.165, 1.54) is 0 Å². The lowest BCUT2D eigenvalue weighted by Gasteiger charge is -2.32. The van der Waals surface area contributed by atoms with Crippen LogP contribution in [0.2, 0.25) is 0 Å². The second-order valence-corrected chi connectivity index (χ2v) is 7.82. The van der Waals surface area contributed by atoms with Gasteiger partial charge in [0.05, 0.1) is 12.5 Å². The molecule has 1 aliphatic carbocycles. The fourth-order valence-electron chi connectivity index (χ4n) is 3.51. The normalized spacial score (nSPS) is 27.3. The number of hydrogen-bond acceptors (Lipinski definition) is 3. The van der Waals surface area contributed by atoms with Crippen LogP contribution < -0.4 is 4.74 Å². The Kier molecular flexibility index (Phi) is 3.68. The maximum Gasteiger partial charge on any atom is 0.233 e. The van der Waals surface area contributed by atoms with Crippen molar-refractivity contribution in [1.29, 1.82) is 0 Å². The number of thioether (sulfide) groups is 1. The second-order valence-electron chi connectivity index (χ2n) is 6.60. The van der Waals surface area contributed by atoms with Crippen molar-refractivity contribution in [3.63, 3.8) is 0 Å². The average Bonchev–Trinajstić information content (AvgIpc) is 3.11. The van der Waals surface area contributed by atoms with Crippen LogP contribution in [0.1, 0.15) is 25.8 Å². The van der Waals surface area contributed by atoms with Crippen molar-refractivity contribution in [2.75, 3.05) is 31.7 Å². The highest BCUT2D eigenvalue weighted by atomic mass is 32.2. The zero-order valence-electron chi connectivity index (χ0n) is 13.0. The van der Waals surface area contributed by atoms with Crippen LogP contribution in [0, 0.1) is 5.41 Å². The fourth-order valence-corrected chi connectivity index (χ4v) is 4.42. The summed E-state index contributed by atoms with van der Waals surface area (Å²) in [6.07, 6.45) is 0.939. The van der Waals surface area contributed by atoms with Crippen molar-refractivity contribution in [3.8, 4) is 5.75 Å². The number of nitrogens with zero attached hydrogens (tertiary/aromatic N) is 1. The van der Waals surface area contributed by atoms with Crippen LogP contribution in [0.5, 0.6) is 5.75 Å². The van der Waals surface area contributed by atoms with Gasteiger partial charge in [-0.3, -0.25) is 4.79 Å². The number of amides is 1. The second kappa shape index (κ2) is 5.24. The van der Waals surface area contributed by atoms with Crippen molar-refractivity contribution in [2.24, 2.45) is 5.41 Å². The molecule has 3 rings (SSSR count). The summed E-state index contributed by atoms with van der Waals surface area (Å²) in [6.45, 7) is 6.18. The summed E-state index contributed by atoms with van der Waals surface area (Å²) in [7, 11) is 1.67. The topological polar surface area (TPSA) is 29.5 Å². The van der Waals surface area contributed by atoms with E-state index in [0.717, 1.165) is 42.3 Å². The van der Waals surface area contributed by atoms with Crippen LogP contribution in [-0.2, 0) is 10.2 Å². The van der Waals surface area contributed by atoms with E-state index in [1.807, 2.05) is 23.9 Å². The van der Waals surface area contributed by atoms with Gasteiger partial charge in [-0.2, -0.15) is 11.8 Å². The molecule has 0 N–H and O–H groups in total. The minimum absolute atomic E-state index is 0.0449. The van der Waals surface area contributed by atoms with Gasteiger partial charge in [0.15, 0.2) is 0 Å². The first-order valence-corrected chi connectivity index (χ1v) is 8.68. The molecular weight excluding hydrogens is 282 g/mol. The van der Waals surface area contributed by atoms with E-state index < -0.39 is 0 Å². The summed E-state index contributed by atoms with van der Waals surface area (Å²) in [4.78, 5) is 15.2. The lowest BCUT2D eigenvalue weighted by Crippen LogP contribution is -2.45. The molecule has 1 aromatic carbocycles. The predicted molar refractivity (Wildman–Crippen MR) is 87.0 cm³/mol. The Bertz CT molecular complexity index is 534. The van der Waals surface area contributed by atoms with Crippen molar-refractivity contribution in [3.05, 3.63) is 29.8 Å². The van der Waals surface area contributed by atoms with E-state index in [9.17, 15) is 4.79 Å². The van der Waals surface area contributed by atoms with Gasteiger partial charge in [-0.25, -0.2) is 0 Å². The molecule has 1 atom stereocenters. The smallest absolute Gasteiger partial charge is 0.233 e. The standard InChI is InChI=1S/C17H23NO2S/c1-16(2)12-17(16,13-4-6-14(20-3)7-5-13)15(19)18-8-10-21-11-9-18/h4-7H,8-12H2,1-3H3. The van der Waals surface area contributed by atoms with Crippen molar-refractivity contribution >= 4 is 17.7 Å². The highest BCUT2D eigenvalue weighted by molar-refractivity contribution is 7.99. The molecule has 2 aliphatic rings. The number of rotatable bonds is 3. The molecule has 1 saturated carbocycles. The van der Waals surface area contributed by atoms with Crippen LogP contribution in [0.4, 0.5) is 0 Å². The van der Waals surface area contributed by atoms with Crippen LogP contribution in [0.3, 0.4) is 0 Å². The van der Waals surface area contributed by atoms with Gasteiger partial charge < -0.3 is 9.64 Å². The Hall–Kier alpha value is -1.16. The summed E-state index contributed by atoms with van der Waals surface area (Å²) in [5.74, 6) is 3.28. The molecule has 114 valence electrons. The largest absolute Gasteiger partial charge is 0.497 e. The van der Waals surface area contributed by atoms with Crippen molar-refractivity contribution in [1.82, 2.24) is 4.90 Å². The Labute approximate surface area is 131 Å². The minimum Gasteiger partial charge on any atom is -0.497 e. The van der Waals surface area contributed by atoms with Gasteiger partial charge >= 0.3 is 0 Å². The van der Waals surface area contributed by atoms with Crippen LogP contribution >= 0.6 is 11.8 Å². The minimum atomic E-state index is -0.332. The molecule has 2 fully saturated rings. The Morgan fingerprint density at radius 2 is 1.76 bits per heavy atom. The summed E-state index contributed by atoms with van der Waals surface area (Å²) in [5.41, 5.74) is 0.849. The zero-order valence-corrected chi connectivity index (χ0v) is 13.8. The lowest BCUT2D eigenvalue weighted by molar-refractivity contribution is -0.134. The molecule has 1 aromatic rings. The fraction of sp³-hybridized carbons (Fsp3) is 0.588. The molecule has 1 unspecified atom stereocenters. The third kappa shape index (κ3) is 2.33. The zero-order chi connectivity index (χ0) is 15.1.